The fraction of sp³-hybridized carbons (Fsp3) is 0.588. The van der Waals surface area contributed by atoms with Crippen LogP contribution in [0, 0.1) is 0 Å². The number of nitrogens with one attached hydrogen (secondary N) is 1. The predicted molar refractivity (Wildman–Crippen MR) is 84.2 cm³/mol. The minimum absolute atomic E-state index is 0.209. The summed E-state index contributed by atoms with van der Waals surface area (Å²) in [5.41, 5.74) is 0.841. The molecule has 1 aromatic carbocycles. The lowest BCUT2D eigenvalue weighted by molar-refractivity contribution is 0.0290. The van der Waals surface area contributed by atoms with E-state index >= 15 is 0 Å². The van der Waals surface area contributed by atoms with Crippen LogP contribution < -0.4 is 5.32 Å². The van der Waals surface area contributed by atoms with Gasteiger partial charge in [0.15, 0.2) is 0 Å². The van der Waals surface area contributed by atoms with Gasteiger partial charge in [-0.25, -0.2) is 4.79 Å². The van der Waals surface area contributed by atoms with Crippen molar-refractivity contribution in [2.75, 3.05) is 13.1 Å². The summed E-state index contributed by atoms with van der Waals surface area (Å²) in [6.45, 7) is 9.32. The lowest BCUT2D eigenvalue weighted by Gasteiger charge is -2.25. The van der Waals surface area contributed by atoms with Crippen LogP contribution in [-0.2, 0) is 4.74 Å². The van der Waals surface area contributed by atoms with Gasteiger partial charge in [-0.15, -0.1) is 0 Å². The lowest BCUT2D eigenvalue weighted by atomic mass is 10.1. The van der Waals surface area contributed by atoms with E-state index in [0.717, 1.165) is 13.0 Å². The monoisotopic (exact) mass is 290 g/mol. The largest absolute Gasteiger partial charge is 0.444 e. The smallest absolute Gasteiger partial charge is 0.410 e. The summed E-state index contributed by atoms with van der Waals surface area (Å²) < 4.78 is 5.42. The second kappa shape index (κ2) is 6.48. The van der Waals surface area contributed by atoms with Crippen molar-refractivity contribution < 1.29 is 9.53 Å². The fourth-order valence-corrected chi connectivity index (χ4v) is 2.58. The number of hydrogen-bond acceptors (Lipinski definition) is 3. The first-order valence-corrected chi connectivity index (χ1v) is 7.64. The molecule has 1 aliphatic rings. The zero-order valence-corrected chi connectivity index (χ0v) is 13.4. The third-order valence-corrected chi connectivity index (χ3v) is 3.63. The number of amides is 1. The Hall–Kier alpha value is -1.55. The first kappa shape index (κ1) is 15.8. The van der Waals surface area contributed by atoms with Crippen molar-refractivity contribution in [1.29, 1.82) is 0 Å². The standard InChI is InChI=1S/C17H26N2O2/c1-13(14-8-6-5-7-9-14)18-15-10-11-19(12-15)16(20)21-17(2,3)4/h5-9,13,15,18H,10-12H2,1-4H3/t13-,15-/m0/s1. The first-order chi connectivity index (χ1) is 9.85. The highest BCUT2D eigenvalue weighted by atomic mass is 16.6. The van der Waals surface area contributed by atoms with Gasteiger partial charge in [-0.1, -0.05) is 30.3 Å². The van der Waals surface area contributed by atoms with Crippen molar-refractivity contribution in [3.63, 3.8) is 0 Å². The van der Waals surface area contributed by atoms with Crippen LogP contribution in [0.5, 0.6) is 0 Å². The molecule has 0 bridgehead atoms. The van der Waals surface area contributed by atoms with Crippen LogP contribution in [0.2, 0.25) is 0 Å². The van der Waals surface area contributed by atoms with Gasteiger partial charge >= 0.3 is 6.09 Å². The van der Waals surface area contributed by atoms with Crippen LogP contribution in [0.1, 0.15) is 45.7 Å². The second-order valence-corrected chi connectivity index (χ2v) is 6.71. The maximum absolute atomic E-state index is 12.0. The molecule has 2 rings (SSSR count). The van der Waals surface area contributed by atoms with Crippen molar-refractivity contribution in [2.45, 2.75) is 51.8 Å². The second-order valence-electron chi connectivity index (χ2n) is 6.71. The highest BCUT2D eigenvalue weighted by molar-refractivity contribution is 5.68. The number of hydrogen-bond donors (Lipinski definition) is 1. The van der Waals surface area contributed by atoms with Gasteiger partial charge in [0.2, 0.25) is 0 Å². The van der Waals surface area contributed by atoms with Gasteiger partial charge in [-0.05, 0) is 39.7 Å². The third kappa shape index (κ3) is 4.74. The molecule has 0 spiro atoms. The topological polar surface area (TPSA) is 41.6 Å². The van der Waals surface area contributed by atoms with E-state index in [0.29, 0.717) is 12.6 Å². The van der Waals surface area contributed by atoms with Crippen molar-refractivity contribution in [3.8, 4) is 0 Å². The Bertz CT molecular complexity index is 467. The molecule has 0 saturated carbocycles. The zero-order chi connectivity index (χ0) is 15.5. The molecular weight excluding hydrogens is 264 g/mol. The SMILES string of the molecule is C[C@H](N[C@H]1CCN(C(=O)OC(C)(C)C)C1)c1ccccc1. The van der Waals surface area contributed by atoms with Gasteiger partial charge in [-0.2, -0.15) is 0 Å². The van der Waals surface area contributed by atoms with Gasteiger partial charge in [0.05, 0.1) is 0 Å². The first-order valence-electron chi connectivity index (χ1n) is 7.64. The van der Waals surface area contributed by atoms with E-state index in [1.807, 2.05) is 26.8 Å². The van der Waals surface area contributed by atoms with E-state index in [2.05, 4.69) is 36.5 Å². The molecule has 116 valence electrons. The summed E-state index contributed by atoms with van der Waals surface area (Å²) in [6, 6.07) is 11.0. The Morgan fingerprint density at radius 2 is 2.00 bits per heavy atom. The average molecular weight is 290 g/mol. The van der Waals surface area contributed by atoms with E-state index < -0.39 is 5.60 Å². The Kier molecular flexibility index (Phi) is 4.88. The van der Waals surface area contributed by atoms with E-state index in [-0.39, 0.29) is 12.1 Å². The quantitative estimate of drug-likeness (QED) is 0.928. The number of benzene rings is 1. The van der Waals surface area contributed by atoms with Crippen LogP contribution in [0.4, 0.5) is 4.79 Å². The molecule has 1 saturated heterocycles. The van der Waals surface area contributed by atoms with Crippen LogP contribution in [0.15, 0.2) is 30.3 Å². The lowest BCUT2D eigenvalue weighted by Crippen LogP contribution is -2.39. The van der Waals surface area contributed by atoms with Crippen LogP contribution >= 0.6 is 0 Å². The van der Waals surface area contributed by atoms with Gasteiger partial charge in [0.25, 0.3) is 0 Å². The molecule has 1 N–H and O–H groups in total. The number of rotatable bonds is 3. The molecule has 4 heteroatoms. The minimum atomic E-state index is -0.431. The maximum Gasteiger partial charge on any atom is 0.410 e. The zero-order valence-electron chi connectivity index (χ0n) is 13.4. The number of likely N-dealkylation sites (tertiary alicyclic amines) is 1. The van der Waals surface area contributed by atoms with Gasteiger partial charge < -0.3 is 15.0 Å². The van der Waals surface area contributed by atoms with Crippen molar-refractivity contribution in [2.24, 2.45) is 0 Å². The van der Waals surface area contributed by atoms with Gasteiger partial charge in [0.1, 0.15) is 5.60 Å². The van der Waals surface area contributed by atoms with E-state index in [1.54, 1.807) is 4.90 Å². The van der Waals surface area contributed by atoms with E-state index in [1.165, 1.54) is 5.56 Å². The molecule has 21 heavy (non-hydrogen) atoms. The summed E-state index contributed by atoms with van der Waals surface area (Å²) in [5.74, 6) is 0. The van der Waals surface area contributed by atoms with Gasteiger partial charge in [0, 0.05) is 25.2 Å². The fourth-order valence-electron chi connectivity index (χ4n) is 2.58. The molecule has 2 atom stereocenters. The van der Waals surface area contributed by atoms with E-state index in [9.17, 15) is 4.79 Å². The summed E-state index contributed by atoms with van der Waals surface area (Å²) in [7, 11) is 0. The number of carbonyl (C=O) groups excluding carboxylic acids is 1. The molecule has 1 aliphatic heterocycles. The molecule has 0 radical (unpaired) electrons. The van der Waals surface area contributed by atoms with Crippen LogP contribution in [-0.4, -0.2) is 35.7 Å². The highest BCUT2D eigenvalue weighted by Gasteiger charge is 2.30. The molecule has 0 aliphatic carbocycles. The normalized spacial score (nSPS) is 20.4. The summed E-state index contributed by atoms with van der Waals surface area (Å²) in [4.78, 5) is 13.8. The van der Waals surface area contributed by atoms with Crippen LogP contribution in [0.25, 0.3) is 0 Å². The number of nitrogens with zero attached hydrogens (tertiary/aromatic N) is 1. The summed E-state index contributed by atoms with van der Waals surface area (Å²) in [6.07, 6.45) is 0.760. The molecule has 0 unspecified atom stereocenters. The Morgan fingerprint density at radius 3 is 2.62 bits per heavy atom. The molecule has 1 aromatic rings. The minimum Gasteiger partial charge on any atom is -0.444 e. The molecular formula is C17H26N2O2. The number of ether oxygens (including phenoxy) is 1. The van der Waals surface area contributed by atoms with Crippen LogP contribution in [0.3, 0.4) is 0 Å². The van der Waals surface area contributed by atoms with Crippen molar-refractivity contribution in [1.82, 2.24) is 10.2 Å². The molecule has 1 heterocycles. The maximum atomic E-state index is 12.0. The molecule has 1 fully saturated rings. The highest BCUT2D eigenvalue weighted by Crippen LogP contribution is 2.18. The van der Waals surface area contributed by atoms with Gasteiger partial charge in [-0.3, -0.25) is 0 Å². The summed E-state index contributed by atoms with van der Waals surface area (Å²) in [5, 5.41) is 3.59. The molecule has 4 nitrogen and oxygen atoms in total. The third-order valence-electron chi connectivity index (χ3n) is 3.63. The Balaban J connectivity index is 1.84. The van der Waals surface area contributed by atoms with Crippen molar-refractivity contribution in [3.05, 3.63) is 35.9 Å². The van der Waals surface area contributed by atoms with Crippen molar-refractivity contribution >= 4 is 6.09 Å². The number of carbonyl (C=O) groups is 1. The Labute approximate surface area is 127 Å². The van der Waals surface area contributed by atoms with E-state index in [4.69, 9.17) is 4.74 Å². The Morgan fingerprint density at radius 1 is 1.33 bits per heavy atom. The predicted octanol–water partition coefficient (Wildman–Crippen LogP) is 3.35. The molecule has 0 aromatic heterocycles. The average Bonchev–Trinajstić information content (AvgIpc) is 2.86. The molecule has 1 amide bonds. The summed E-state index contributed by atoms with van der Waals surface area (Å²) >= 11 is 0.